The molecule has 0 bridgehead atoms. The van der Waals surface area contributed by atoms with Crippen LogP contribution >= 0.6 is 11.6 Å². The Balaban J connectivity index is 1.64. The van der Waals surface area contributed by atoms with Gasteiger partial charge < -0.3 is 14.4 Å². The maximum atomic E-state index is 13.9. The van der Waals surface area contributed by atoms with Crippen LogP contribution in [0.25, 0.3) is 11.1 Å². The number of carbonyl (C=O) groups is 1. The molecule has 1 aromatic heterocycles. The van der Waals surface area contributed by atoms with Gasteiger partial charge in [0.15, 0.2) is 0 Å². The predicted molar refractivity (Wildman–Crippen MR) is 159 cm³/mol. The van der Waals surface area contributed by atoms with Crippen LogP contribution in [-0.4, -0.2) is 31.2 Å². The van der Waals surface area contributed by atoms with E-state index >= 15 is 0 Å². The second-order valence-corrected chi connectivity index (χ2v) is 11.1. The smallest absolute Gasteiger partial charge is 0.416 e. The molecule has 3 aromatic carbocycles. The molecule has 0 saturated carbocycles. The molecule has 1 heterocycles. The summed E-state index contributed by atoms with van der Waals surface area (Å²) in [4.78, 5) is 19.3. The molecule has 0 aliphatic rings. The Morgan fingerprint density at radius 3 is 1.98 bits per heavy atom. The number of rotatable bonds is 10. The van der Waals surface area contributed by atoms with Gasteiger partial charge in [0.2, 0.25) is 11.8 Å². The van der Waals surface area contributed by atoms with E-state index in [4.69, 9.17) is 21.1 Å². The van der Waals surface area contributed by atoms with Gasteiger partial charge in [-0.2, -0.15) is 26.3 Å². The Morgan fingerprint density at radius 1 is 0.800 bits per heavy atom. The van der Waals surface area contributed by atoms with Gasteiger partial charge in [-0.3, -0.25) is 4.79 Å². The van der Waals surface area contributed by atoms with Crippen molar-refractivity contribution >= 4 is 23.2 Å². The number of carbonyl (C=O) groups excluding carboxylic acids is 1. The molecule has 5 nitrogen and oxygen atoms in total. The van der Waals surface area contributed by atoms with E-state index in [0.717, 1.165) is 10.5 Å². The van der Waals surface area contributed by atoms with E-state index < -0.39 is 40.4 Å². The Morgan fingerprint density at radius 2 is 1.38 bits per heavy atom. The van der Waals surface area contributed by atoms with Crippen LogP contribution in [0.2, 0.25) is 5.02 Å². The summed E-state index contributed by atoms with van der Waals surface area (Å²) in [6.45, 7) is 3.32. The van der Waals surface area contributed by atoms with Gasteiger partial charge >= 0.3 is 12.4 Å². The first-order valence-electron chi connectivity index (χ1n) is 13.7. The molecule has 0 aliphatic heterocycles. The van der Waals surface area contributed by atoms with E-state index in [1.807, 2.05) is 30.3 Å². The van der Waals surface area contributed by atoms with Crippen LogP contribution in [0.1, 0.15) is 36.1 Å². The van der Waals surface area contributed by atoms with Crippen LogP contribution in [-0.2, 0) is 33.9 Å². The van der Waals surface area contributed by atoms with Crippen LogP contribution in [0, 0.1) is 0 Å². The largest absolute Gasteiger partial charge is 0.475 e. The molecule has 0 fully saturated rings. The summed E-state index contributed by atoms with van der Waals surface area (Å²) in [6, 6.07) is 19.0. The molecule has 0 saturated heterocycles. The summed E-state index contributed by atoms with van der Waals surface area (Å²) in [7, 11) is 1.36. The van der Waals surface area contributed by atoms with E-state index in [2.05, 4.69) is 4.98 Å². The number of anilines is 1. The average molecular weight is 651 g/mol. The summed E-state index contributed by atoms with van der Waals surface area (Å²) in [5, 5.41) is 0.329. The number of aromatic nitrogens is 1. The zero-order valence-electron chi connectivity index (χ0n) is 24.5. The fourth-order valence-electron chi connectivity index (χ4n) is 4.61. The van der Waals surface area contributed by atoms with Crippen molar-refractivity contribution in [1.29, 1.82) is 0 Å². The Hall–Kier alpha value is -4.09. The standard InChI is InChI=1S/C33H29ClF6N2O3/c1-31(2,22-15-23(32(35,36)37)17-24(16-22)33(38,39)40)30(43)42(3)28-19-41-29(18-26(28)25-11-7-8-12-27(25)34)45-14-13-44-20-21-9-5-4-6-10-21/h4-12,15-19H,13-14,20H2,1-3H3. The van der Waals surface area contributed by atoms with E-state index in [1.54, 1.807) is 30.3 Å². The minimum absolute atomic E-state index is 0.0264. The Bertz CT molecular complexity index is 1610. The third-order valence-electron chi connectivity index (χ3n) is 7.12. The molecule has 45 heavy (non-hydrogen) atoms. The highest BCUT2D eigenvalue weighted by atomic mass is 35.5. The summed E-state index contributed by atoms with van der Waals surface area (Å²) in [5.74, 6) is -0.599. The minimum atomic E-state index is -5.06. The lowest BCUT2D eigenvalue weighted by atomic mass is 9.81. The number of alkyl halides is 6. The van der Waals surface area contributed by atoms with Crippen LogP contribution in [0.4, 0.5) is 32.0 Å². The third-order valence-corrected chi connectivity index (χ3v) is 7.45. The molecule has 0 atom stereocenters. The van der Waals surface area contributed by atoms with Gasteiger partial charge in [-0.25, -0.2) is 4.98 Å². The SMILES string of the molecule is CN(C(=O)C(C)(C)c1cc(C(F)(F)F)cc(C(F)(F)F)c1)c1cnc(OCCOCc2ccccc2)cc1-c1ccccc1Cl. The van der Waals surface area contributed by atoms with E-state index in [0.29, 0.717) is 34.9 Å². The zero-order chi connectivity index (χ0) is 33.0. The first-order chi connectivity index (χ1) is 21.1. The summed E-state index contributed by atoms with van der Waals surface area (Å²) in [6.07, 6.45) is -8.80. The maximum absolute atomic E-state index is 13.9. The van der Waals surface area contributed by atoms with Crippen LogP contribution in [0.3, 0.4) is 0 Å². The van der Waals surface area contributed by atoms with E-state index in [9.17, 15) is 31.1 Å². The zero-order valence-corrected chi connectivity index (χ0v) is 25.2. The first kappa shape index (κ1) is 33.8. The lowest BCUT2D eigenvalue weighted by Crippen LogP contribution is -2.42. The normalized spacial score (nSPS) is 12.2. The highest BCUT2D eigenvalue weighted by Crippen LogP contribution is 2.41. The van der Waals surface area contributed by atoms with Crippen LogP contribution in [0.15, 0.2) is 85.1 Å². The van der Waals surface area contributed by atoms with Gasteiger partial charge in [0.25, 0.3) is 0 Å². The maximum Gasteiger partial charge on any atom is 0.416 e. The molecule has 0 spiro atoms. The van der Waals surface area contributed by atoms with Gasteiger partial charge in [0.05, 0.1) is 41.6 Å². The van der Waals surface area contributed by atoms with Crippen molar-refractivity contribution in [3.8, 4) is 17.0 Å². The molecule has 1 amide bonds. The van der Waals surface area contributed by atoms with Crippen molar-refractivity contribution in [2.45, 2.75) is 38.2 Å². The second kappa shape index (κ2) is 13.5. The number of halogens is 7. The van der Waals surface area contributed by atoms with Crippen molar-refractivity contribution in [3.05, 3.63) is 112 Å². The first-order valence-corrected chi connectivity index (χ1v) is 14.0. The lowest BCUT2D eigenvalue weighted by molar-refractivity contribution is -0.143. The van der Waals surface area contributed by atoms with Crippen LogP contribution in [0.5, 0.6) is 5.88 Å². The van der Waals surface area contributed by atoms with E-state index in [-0.39, 0.29) is 30.8 Å². The van der Waals surface area contributed by atoms with Crippen molar-refractivity contribution in [2.24, 2.45) is 0 Å². The molecule has 0 unspecified atom stereocenters. The van der Waals surface area contributed by atoms with Crippen molar-refractivity contribution in [1.82, 2.24) is 4.98 Å². The van der Waals surface area contributed by atoms with Gasteiger partial charge in [0.1, 0.15) is 6.61 Å². The molecule has 12 heteroatoms. The van der Waals surface area contributed by atoms with Gasteiger partial charge in [-0.15, -0.1) is 0 Å². The monoisotopic (exact) mass is 650 g/mol. The molecule has 238 valence electrons. The summed E-state index contributed by atoms with van der Waals surface area (Å²) >= 11 is 6.48. The highest BCUT2D eigenvalue weighted by molar-refractivity contribution is 6.33. The van der Waals surface area contributed by atoms with Gasteiger partial charge in [0, 0.05) is 29.3 Å². The number of nitrogens with zero attached hydrogens (tertiary/aromatic N) is 2. The topological polar surface area (TPSA) is 51.7 Å². The van der Waals surface area contributed by atoms with Crippen molar-refractivity contribution in [3.63, 3.8) is 0 Å². The van der Waals surface area contributed by atoms with Gasteiger partial charge in [-0.05, 0) is 49.2 Å². The van der Waals surface area contributed by atoms with Crippen LogP contribution < -0.4 is 9.64 Å². The summed E-state index contributed by atoms with van der Waals surface area (Å²) in [5.41, 5.74) is -3.19. The molecule has 0 aliphatic carbocycles. The molecule has 4 rings (SSSR count). The van der Waals surface area contributed by atoms with Crippen molar-refractivity contribution < 1.29 is 40.6 Å². The number of likely N-dealkylation sites (N-methyl/N-ethyl adjacent to an activating group) is 1. The minimum Gasteiger partial charge on any atom is -0.475 e. The number of benzene rings is 3. The fraction of sp³-hybridized carbons (Fsp3) is 0.273. The predicted octanol–water partition coefficient (Wildman–Crippen LogP) is 8.98. The molecule has 0 N–H and O–H groups in total. The van der Waals surface area contributed by atoms with Crippen molar-refractivity contribution in [2.75, 3.05) is 25.2 Å². The number of pyridine rings is 1. The Kier molecular flexibility index (Phi) is 10.1. The second-order valence-electron chi connectivity index (χ2n) is 10.7. The molecule has 0 radical (unpaired) electrons. The molecular weight excluding hydrogens is 622 g/mol. The third kappa shape index (κ3) is 8.15. The highest BCUT2D eigenvalue weighted by Gasteiger charge is 2.41. The quantitative estimate of drug-likeness (QED) is 0.127. The Labute approximate surface area is 261 Å². The summed E-state index contributed by atoms with van der Waals surface area (Å²) < 4.78 is 92.8. The molecular formula is C33H29ClF6N2O3. The number of amides is 1. The fourth-order valence-corrected chi connectivity index (χ4v) is 4.85. The van der Waals surface area contributed by atoms with Gasteiger partial charge in [-0.1, -0.05) is 60.1 Å². The number of ether oxygens (including phenoxy) is 2. The lowest BCUT2D eigenvalue weighted by Gasteiger charge is -2.32. The number of hydrogen-bond acceptors (Lipinski definition) is 4. The number of hydrogen-bond donors (Lipinski definition) is 0. The van der Waals surface area contributed by atoms with E-state index in [1.165, 1.54) is 27.1 Å². The average Bonchev–Trinajstić information content (AvgIpc) is 2.99. The molecule has 4 aromatic rings.